The van der Waals surface area contributed by atoms with E-state index in [9.17, 15) is 0 Å². The quantitative estimate of drug-likeness (QED) is 0.330. The van der Waals surface area contributed by atoms with Gasteiger partial charge in [-0.25, -0.2) is 0 Å². The maximum Gasteiger partial charge on any atom is -0.0227 e. The minimum Gasteiger partial charge on any atom is -0.0985 e. The van der Waals surface area contributed by atoms with Crippen LogP contribution >= 0.6 is 0 Å². The molecule has 0 bridgehead atoms. The summed E-state index contributed by atoms with van der Waals surface area (Å²) < 4.78 is 0. The molecule has 0 aromatic heterocycles. The summed E-state index contributed by atoms with van der Waals surface area (Å²) in [6, 6.07) is 4.70. The highest BCUT2D eigenvalue weighted by Gasteiger charge is 2.11. The highest BCUT2D eigenvalue weighted by Crippen LogP contribution is 2.26. The summed E-state index contributed by atoms with van der Waals surface area (Å²) >= 11 is 0. The van der Waals surface area contributed by atoms with Gasteiger partial charge in [-0.1, -0.05) is 84.1 Å². The van der Waals surface area contributed by atoms with Crippen LogP contribution in [0.15, 0.2) is 18.7 Å². The highest BCUT2D eigenvalue weighted by molar-refractivity contribution is 5.56. The van der Waals surface area contributed by atoms with Crippen LogP contribution in [0.1, 0.15) is 101 Å². The van der Waals surface area contributed by atoms with Gasteiger partial charge in [-0.3, -0.25) is 0 Å². The second-order valence-corrected chi connectivity index (χ2v) is 6.85. The van der Waals surface area contributed by atoms with Crippen LogP contribution in [0.25, 0.3) is 6.08 Å². The highest BCUT2D eigenvalue weighted by atomic mass is 14.2. The van der Waals surface area contributed by atoms with E-state index in [2.05, 4.69) is 45.6 Å². The van der Waals surface area contributed by atoms with Crippen LogP contribution in [0.4, 0.5) is 0 Å². The lowest BCUT2D eigenvalue weighted by Crippen LogP contribution is -2.04. The molecule has 0 atom stereocenters. The van der Waals surface area contributed by atoms with Crippen molar-refractivity contribution < 1.29 is 0 Å². The molecule has 1 rings (SSSR count). The molecule has 0 fully saturated rings. The summed E-state index contributed by atoms with van der Waals surface area (Å²) in [5, 5.41) is 0. The molecule has 1 aromatic carbocycles. The van der Waals surface area contributed by atoms with Gasteiger partial charge >= 0.3 is 0 Å². The van der Waals surface area contributed by atoms with E-state index in [1.165, 1.54) is 82.6 Å². The Hall–Kier alpha value is -1.04. The number of hydrogen-bond acceptors (Lipinski definition) is 0. The molecule has 0 aliphatic heterocycles. The van der Waals surface area contributed by atoms with Gasteiger partial charge in [0.05, 0.1) is 0 Å². The lowest BCUT2D eigenvalue weighted by Gasteiger charge is -2.18. The third kappa shape index (κ3) is 6.94. The summed E-state index contributed by atoms with van der Waals surface area (Å²) in [6.45, 7) is 10.9. The first-order valence-electron chi connectivity index (χ1n) is 10.0. The molecular weight excluding hydrogens is 276 g/mol. The standard InChI is InChI=1S/C23H38/c1-5-9-12-15-21-19-18-20(8-4)22(16-13-10-6-2)23(21)17-14-11-7-3/h8,18-19H,4-7,9-17H2,1-3H3. The Balaban J connectivity index is 3.01. The van der Waals surface area contributed by atoms with Crippen LogP contribution in [0.5, 0.6) is 0 Å². The molecule has 23 heavy (non-hydrogen) atoms. The molecule has 0 unspecified atom stereocenters. The minimum atomic E-state index is 1.23. The second kappa shape index (κ2) is 12.4. The molecule has 130 valence electrons. The van der Waals surface area contributed by atoms with E-state index in [0.717, 1.165) is 0 Å². The summed E-state index contributed by atoms with van der Waals surface area (Å²) in [4.78, 5) is 0. The van der Waals surface area contributed by atoms with E-state index in [1.54, 1.807) is 16.7 Å². The number of aryl methyl sites for hydroxylation is 1. The Morgan fingerprint density at radius 2 is 1.22 bits per heavy atom. The third-order valence-electron chi connectivity index (χ3n) is 4.89. The van der Waals surface area contributed by atoms with Crippen molar-refractivity contribution >= 4 is 6.08 Å². The van der Waals surface area contributed by atoms with Gasteiger partial charge in [0, 0.05) is 0 Å². The second-order valence-electron chi connectivity index (χ2n) is 6.85. The van der Waals surface area contributed by atoms with E-state index in [4.69, 9.17) is 0 Å². The zero-order valence-corrected chi connectivity index (χ0v) is 15.9. The van der Waals surface area contributed by atoms with Gasteiger partial charge in [0.15, 0.2) is 0 Å². The van der Waals surface area contributed by atoms with Gasteiger partial charge in [0.25, 0.3) is 0 Å². The molecule has 0 heterocycles. The Bertz CT molecular complexity index is 442. The van der Waals surface area contributed by atoms with Crippen LogP contribution in [-0.2, 0) is 19.3 Å². The average Bonchev–Trinajstić information content (AvgIpc) is 2.57. The van der Waals surface area contributed by atoms with Crippen LogP contribution in [0, 0.1) is 0 Å². The largest absolute Gasteiger partial charge is 0.0985 e. The predicted molar refractivity (Wildman–Crippen MR) is 106 cm³/mol. The maximum absolute atomic E-state index is 4.06. The first-order chi connectivity index (χ1) is 11.3. The molecule has 0 saturated heterocycles. The SMILES string of the molecule is C=Cc1ccc(CCCCC)c(CCCCC)c1CCCCC. The smallest absolute Gasteiger partial charge is 0.0227 e. The van der Waals surface area contributed by atoms with Gasteiger partial charge in [0.2, 0.25) is 0 Å². The van der Waals surface area contributed by atoms with Gasteiger partial charge in [-0.2, -0.15) is 0 Å². The molecule has 1 aromatic rings. The summed E-state index contributed by atoms with van der Waals surface area (Å²) in [5.74, 6) is 0. The zero-order chi connectivity index (χ0) is 16.9. The molecule has 0 radical (unpaired) electrons. The van der Waals surface area contributed by atoms with Crippen molar-refractivity contribution in [1.82, 2.24) is 0 Å². The van der Waals surface area contributed by atoms with Crippen molar-refractivity contribution in [2.24, 2.45) is 0 Å². The van der Waals surface area contributed by atoms with Crippen molar-refractivity contribution in [2.75, 3.05) is 0 Å². The van der Waals surface area contributed by atoms with Gasteiger partial charge in [-0.15, -0.1) is 0 Å². The van der Waals surface area contributed by atoms with E-state index in [1.807, 2.05) is 0 Å². The van der Waals surface area contributed by atoms with E-state index in [-0.39, 0.29) is 0 Å². The zero-order valence-electron chi connectivity index (χ0n) is 15.9. The van der Waals surface area contributed by atoms with E-state index in [0.29, 0.717) is 0 Å². The summed E-state index contributed by atoms with van der Waals surface area (Å²) in [5.41, 5.74) is 6.28. The number of benzene rings is 1. The normalized spacial score (nSPS) is 10.9. The van der Waals surface area contributed by atoms with Crippen molar-refractivity contribution in [1.29, 1.82) is 0 Å². The molecule has 0 aliphatic carbocycles. The Morgan fingerprint density at radius 1 is 0.696 bits per heavy atom. The van der Waals surface area contributed by atoms with Crippen molar-refractivity contribution in [3.8, 4) is 0 Å². The maximum atomic E-state index is 4.06. The molecule has 0 saturated carbocycles. The molecule has 0 heteroatoms. The Kier molecular flexibility index (Phi) is 10.8. The van der Waals surface area contributed by atoms with Gasteiger partial charge < -0.3 is 0 Å². The lowest BCUT2D eigenvalue weighted by molar-refractivity contribution is 0.677. The Morgan fingerprint density at radius 3 is 1.74 bits per heavy atom. The van der Waals surface area contributed by atoms with Gasteiger partial charge in [-0.05, 0) is 60.8 Å². The molecule has 0 amide bonds. The van der Waals surface area contributed by atoms with Crippen LogP contribution in [-0.4, -0.2) is 0 Å². The van der Waals surface area contributed by atoms with Crippen molar-refractivity contribution in [2.45, 2.75) is 97.8 Å². The van der Waals surface area contributed by atoms with E-state index < -0.39 is 0 Å². The predicted octanol–water partition coefficient (Wildman–Crippen LogP) is 7.53. The first-order valence-corrected chi connectivity index (χ1v) is 10.0. The molecule has 0 aliphatic rings. The number of unbranched alkanes of at least 4 members (excludes halogenated alkanes) is 6. The number of rotatable bonds is 13. The van der Waals surface area contributed by atoms with E-state index >= 15 is 0 Å². The first kappa shape index (κ1) is 20.0. The molecule has 0 spiro atoms. The van der Waals surface area contributed by atoms with Crippen molar-refractivity contribution in [3.05, 3.63) is 41.0 Å². The monoisotopic (exact) mass is 314 g/mol. The Labute approximate surface area is 145 Å². The summed E-state index contributed by atoms with van der Waals surface area (Å²) in [7, 11) is 0. The number of hydrogen-bond donors (Lipinski definition) is 0. The minimum absolute atomic E-state index is 1.23. The van der Waals surface area contributed by atoms with Crippen LogP contribution < -0.4 is 0 Å². The molecule has 0 nitrogen and oxygen atoms in total. The third-order valence-corrected chi connectivity index (χ3v) is 4.89. The molecular formula is C23H38. The van der Waals surface area contributed by atoms with Crippen molar-refractivity contribution in [3.63, 3.8) is 0 Å². The fourth-order valence-electron chi connectivity index (χ4n) is 3.46. The summed E-state index contributed by atoms with van der Waals surface area (Å²) in [6.07, 6.45) is 17.7. The lowest BCUT2D eigenvalue weighted by atomic mass is 9.87. The molecule has 0 N–H and O–H groups in total. The van der Waals surface area contributed by atoms with Crippen LogP contribution in [0.2, 0.25) is 0 Å². The topological polar surface area (TPSA) is 0 Å². The average molecular weight is 315 g/mol. The fourth-order valence-corrected chi connectivity index (χ4v) is 3.46. The fraction of sp³-hybridized carbons (Fsp3) is 0.652. The van der Waals surface area contributed by atoms with Gasteiger partial charge in [0.1, 0.15) is 0 Å². The van der Waals surface area contributed by atoms with Crippen LogP contribution in [0.3, 0.4) is 0 Å².